The summed E-state index contributed by atoms with van der Waals surface area (Å²) >= 11 is 0. The molecule has 0 N–H and O–H groups in total. The molecule has 0 amide bonds. The van der Waals surface area contributed by atoms with Gasteiger partial charge < -0.3 is 9.64 Å². The summed E-state index contributed by atoms with van der Waals surface area (Å²) in [4.78, 5) is 27.0. The van der Waals surface area contributed by atoms with E-state index in [2.05, 4.69) is 19.1 Å². The molecule has 0 heterocycles. The quantitative estimate of drug-likeness (QED) is 0.140. The Hall–Kier alpha value is -1.68. The molecular formula is C27H45NO3. The highest BCUT2D eigenvalue weighted by atomic mass is 16.5. The third-order valence-corrected chi connectivity index (χ3v) is 5.80. The molecule has 0 bridgehead atoms. The van der Waals surface area contributed by atoms with Gasteiger partial charge in [-0.25, -0.2) is 0 Å². The van der Waals surface area contributed by atoms with Gasteiger partial charge in [0.25, 0.3) is 0 Å². The fourth-order valence-corrected chi connectivity index (χ4v) is 3.98. The molecule has 0 saturated heterocycles. The predicted molar refractivity (Wildman–Crippen MR) is 130 cm³/mol. The molecule has 1 aliphatic carbocycles. The molecule has 0 aromatic heterocycles. The number of hydrogen-bond acceptors (Lipinski definition) is 4. The molecule has 31 heavy (non-hydrogen) atoms. The summed E-state index contributed by atoms with van der Waals surface area (Å²) in [5.74, 6) is -0.0231. The Morgan fingerprint density at radius 2 is 1.35 bits per heavy atom. The lowest BCUT2D eigenvalue weighted by Crippen LogP contribution is -2.27. The summed E-state index contributed by atoms with van der Waals surface area (Å²) < 4.78 is 5.12. The van der Waals surface area contributed by atoms with Crippen LogP contribution < -0.4 is 0 Å². The van der Waals surface area contributed by atoms with E-state index in [9.17, 15) is 9.59 Å². The number of unbranched alkanes of at least 4 members (excludes halogenated alkanes) is 11. The van der Waals surface area contributed by atoms with Crippen molar-refractivity contribution in [2.45, 2.75) is 96.8 Å². The maximum atomic E-state index is 12.6. The molecule has 1 rings (SSSR count). The van der Waals surface area contributed by atoms with E-state index in [0.717, 1.165) is 12.8 Å². The van der Waals surface area contributed by atoms with Gasteiger partial charge in [-0.15, -0.1) is 0 Å². The maximum absolute atomic E-state index is 12.6. The Labute approximate surface area is 190 Å². The first kappa shape index (κ1) is 27.4. The summed E-state index contributed by atoms with van der Waals surface area (Å²) in [6, 6.07) is 0. The molecular weight excluding hydrogens is 386 g/mol. The predicted octanol–water partition coefficient (Wildman–Crippen LogP) is 6.56. The van der Waals surface area contributed by atoms with Crippen molar-refractivity contribution in [1.82, 2.24) is 4.90 Å². The van der Waals surface area contributed by atoms with Gasteiger partial charge in [0, 0.05) is 23.8 Å². The van der Waals surface area contributed by atoms with Gasteiger partial charge in [0.15, 0.2) is 11.5 Å². The fraction of sp³-hybridized carbons (Fsp3) is 0.704. The van der Waals surface area contributed by atoms with Crippen LogP contribution in [0.5, 0.6) is 0 Å². The minimum Gasteiger partial charge on any atom is -0.493 e. The highest BCUT2D eigenvalue weighted by molar-refractivity contribution is 6.22. The lowest BCUT2D eigenvalue weighted by atomic mass is 9.89. The average Bonchev–Trinajstić information content (AvgIpc) is 2.74. The molecule has 0 unspecified atom stereocenters. The number of methoxy groups -OCH3 is 1. The maximum Gasteiger partial charge on any atom is 0.224 e. The number of likely N-dealkylation sites (N-methyl/N-ethyl adjacent to an activating group) is 1. The van der Waals surface area contributed by atoms with Gasteiger partial charge in [-0.1, -0.05) is 70.4 Å². The third-order valence-electron chi connectivity index (χ3n) is 5.80. The van der Waals surface area contributed by atoms with E-state index in [0.29, 0.717) is 24.1 Å². The van der Waals surface area contributed by atoms with Crippen LogP contribution in [0.3, 0.4) is 0 Å². The average molecular weight is 432 g/mol. The van der Waals surface area contributed by atoms with E-state index in [1.54, 1.807) is 0 Å². The summed E-state index contributed by atoms with van der Waals surface area (Å²) in [5.41, 5.74) is 1.29. The van der Waals surface area contributed by atoms with Crippen molar-refractivity contribution in [2.75, 3.05) is 27.7 Å². The lowest BCUT2D eigenvalue weighted by molar-refractivity contribution is -0.118. The van der Waals surface area contributed by atoms with E-state index in [1.165, 1.54) is 83.8 Å². The van der Waals surface area contributed by atoms with Crippen molar-refractivity contribution in [3.8, 4) is 0 Å². The van der Waals surface area contributed by atoms with Crippen molar-refractivity contribution < 1.29 is 14.3 Å². The zero-order valence-corrected chi connectivity index (χ0v) is 20.5. The van der Waals surface area contributed by atoms with Gasteiger partial charge in [0.05, 0.1) is 7.11 Å². The largest absolute Gasteiger partial charge is 0.493 e. The van der Waals surface area contributed by atoms with Gasteiger partial charge in [-0.3, -0.25) is 9.59 Å². The van der Waals surface area contributed by atoms with Crippen molar-refractivity contribution in [3.63, 3.8) is 0 Å². The van der Waals surface area contributed by atoms with Crippen LogP contribution in [-0.4, -0.2) is 44.2 Å². The monoisotopic (exact) mass is 431 g/mol. The molecule has 0 aliphatic heterocycles. The fourth-order valence-electron chi connectivity index (χ4n) is 3.98. The first-order valence-electron chi connectivity index (χ1n) is 12.4. The van der Waals surface area contributed by atoms with Crippen molar-refractivity contribution in [1.29, 1.82) is 0 Å². The number of rotatable bonds is 18. The van der Waals surface area contributed by atoms with Crippen molar-refractivity contribution in [2.24, 2.45) is 0 Å². The molecule has 176 valence electrons. The topological polar surface area (TPSA) is 46.6 Å². The van der Waals surface area contributed by atoms with Crippen LogP contribution in [0.15, 0.2) is 35.1 Å². The lowest BCUT2D eigenvalue weighted by Gasteiger charge is -2.21. The Morgan fingerprint density at radius 3 is 1.90 bits per heavy atom. The third kappa shape index (κ3) is 11.5. The first-order chi connectivity index (χ1) is 15.0. The number of nitrogens with zero attached hydrogens (tertiary/aromatic N) is 1. The number of ether oxygens (including phenoxy) is 1. The number of carbonyl (C=O) groups excluding carboxylic acids is 2. The second-order valence-electron chi connectivity index (χ2n) is 8.94. The highest BCUT2D eigenvalue weighted by Gasteiger charge is 2.28. The molecule has 4 heteroatoms. The number of Topliss-reactive ketones (excluding diaryl/α,β-unsaturated/α-hetero) is 1. The Morgan fingerprint density at radius 1 is 0.806 bits per heavy atom. The van der Waals surface area contributed by atoms with Crippen LogP contribution in [0, 0.1) is 0 Å². The SMILES string of the molecule is CCCCCCC=CCCCCCCCCCC1=C(CN(C)C)C(=O)C=C(OC)C1=O. The van der Waals surface area contributed by atoms with Gasteiger partial charge in [0.1, 0.15) is 0 Å². The van der Waals surface area contributed by atoms with Gasteiger partial charge in [-0.05, 0) is 52.6 Å². The Bertz CT molecular complexity index is 628. The molecule has 4 nitrogen and oxygen atoms in total. The first-order valence-corrected chi connectivity index (χ1v) is 12.4. The Balaban J connectivity index is 2.20. The van der Waals surface area contributed by atoms with Crippen molar-refractivity contribution in [3.05, 3.63) is 35.1 Å². The summed E-state index contributed by atoms with van der Waals surface area (Å²) in [6.07, 6.45) is 22.9. The van der Waals surface area contributed by atoms with Crippen LogP contribution in [0.4, 0.5) is 0 Å². The van der Waals surface area contributed by atoms with E-state index < -0.39 is 0 Å². The molecule has 0 fully saturated rings. The second kappa shape index (κ2) is 16.9. The number of ketones is 2. The standard InChI is InChI=1S/C27H45NO3/c1-5-6-7-8-9-10-11-12-13-14-15-16-17-18-19-20-23-24(22-28(2)3)25(29)21-26(31-4)27(23)30/h10-11,21H,5-9,12-20,22H2,1-4H3. The van der Waals surface area contributed by atoms with Gasteiger partial charge in [0.2, 0.25) is 5.78 Å². The number of allylic oxidation sites excluding steroid dienone is 4. The molecule has 0 atom stereocenters. The van der Waals surface area contributed by atoms with Gasteiger partial charge in [-0.2, -0.15) is 0 Å². The van der Waals surface area contributed by atoms with E-state index in [-0.39, 0.29) is 17.3 Å². The van der Waals surface area contributed by atoms with Crippen LogP contribution in [0.1, 0.15) is 96.8 Å². The van der Waals surface area contributed by atoms with E-state index in [1.807, 2.05) is 19.0 Å². The van der Waals surface area contributed by atoms with Crippen LogP contribution in [-0.2, 0) is 14.3 Å². The Kier molecular flexibility index (Phi) is 15.0. The van der Waals surface area contributed by atoms with Crippen LogP contribution in [0.25, 0.3) is 0 Å². The molecule has 1 aliphatic rings. The molecule has 0 aromatic carbocycles. The minimum absolute atomic E-state index is 0.0878. The highest BCUT2D eigenvalue weighted by Crippen LogP contribution is 2.25. The molecule has 0 spiro atoms. The number of hydrogen-bond donors (Lipinski definition) is 0. The van der Waals surface area contributed by atoms with Crippen LogP contribution in [0.2, 0.25) is 0 Å². The summed E-state index contributed by atoms with van der Waals surface area (Å²) in [6.45, 7) is 2.76. The van der Waals surface area contributed by atoms with Gasteiger partial charge >= 0.3 is 0 Å². The molecule has 0 saturated carbocycles. The van der Waals surface area contributed by atoms with E-state index >= 15 is 0 Å². The van der Waals surface area contributed by atoms with E-state index in [4.69, 9.17) is 4.74 Å². The normalized spacial score (nSPS) is 14.8. The zero-order chi connectivity index (χ0) is 22.9. The second-order valence-corrected chi connectivity index (χ2v) is 8.94. The van der Waals surface area contributed by atoms with Crippen molar-refractivity contribution >= 4 is 11.6 Å². The summed E-state index contributed by atoms with van der Waals surface area (Å²) in [5, 5.41) is 0. The molecule has 0 aromatic rings. The summed E-state index contributed by atoms with van der Waals surface area (Å²) in [7, 11) is 5.29. The smallest absolute Gasteiger partial charge is 0.224 e. The van der Waals surface area contributed by atoms with Crippen LogP contribution >= 0.6 is 0 Å². The zero-order valence-electron chi connectivity index (χ0n) is 20.5. The number of carbonyl (C=O) groups is 2. The minimum atomic E-state index is -0.114. The molecule has 0 radical (unpaired) electrons.